The Morgan fingerprint density at radius 3 is 1.98 bits per heavy atom. The van der Waals surface area contributed by atoms with Crippen LogP contribution in [0.3, 0.4) is 0 Å². The second-order valence-electron chi connectivity index (χ2n) is 12.6. The quantitative estimate of drug-likeness (QED) is 0.105. The standard InChI is InChI=1S/C35H44N2O6S2/c1-34(2)28-18-10-12-20-30(28)36(24-14-16-26-44(38,39)40)32(34)22-8-6-5-7-9-23-33-35(3,4)29-19-11-13-21-31(29)37(33)25-15-17-27-45(41,42)43/h5-13,18-23H,14-17,24-27H2,1-4H3,(H-,38,39,40,41,42,43)/p-1. The van der Waals surface area contributed by atoms with E-state index in [1.54, 1.807) is 0 Å². The van der Waals surface area contributed by atoms with Crippen molar-refractivity contribution in [3.8, 4) is 0 Å². The highest BCUT2D eigenvalue weighted by Crippen LogP contribution is 2.47. The highest BCUT2D eigenvalue weighted by molar-refractivity contribution is 7.85. The van der Waals surface area contributed by atoms with Crippen molar-refractivity contribution in [3.63, 3.8) is 0 Å². The second-order valence-corrected chi connectivity index (χ2v) is 15.6. The van der Waals surface area contributed by atoms with Gasteiger partial charge in [-0.2, -0.15) is 4.58 Å². The molecule has 0 fully saturated rings. The Labute approximate surface area is 268 Å². The van der Waals surface area contributed by atoms with Crippen LogP contribution in [0.2, 0.25) is 0 Å². The molecule has 2 heterocycles. The Kier molecular flexibility index (Phi) is 10.7. The summed E-state index contributed by atoms with van der Waals surface area (Å²) < 4.78 is 68.6. The topological polar surface area (TPSA) is 121 Å². The van der Waals surface area contributed by atoms with E-state index < -0.39 is 20.2 Å². The molecule has 0 aliphatic carbocycles. The van der Waals surface area contributed by atoms with Crippen LogP contribution in [0, 0.1) is 0 Å². The van der Waals surface area contributed by atoms with Gasteiger partial charge in [0.1, 0.15) is 6.54 Å². The maximum Gasteiger partial charge on any atom is 0.209 e. The molecule has 0 amide bonds. The third-order valence-electron chi connectivity index (χ3n) is 8.60. The van der Waals surface area contributed by atoms with Crippen LogP contribution in [0.25, 0.3) is 0 Å². The largest absolute Gasteiger partial charge is 0.748 e. The average molecular weight is 652 g/mol. The number of anilines is 1. The molecule has 45 heavy (non-hydrogen) atoms. The van der Waals surface area contributed by atoms with E-state index in [4.69, 9.17) is 0 Å². The normalized spacial score (nSPS) is 18.6. The van der Waals surface area contributed by atoms with E-state index in [0.29, 0.717) is 38.8 Å². The Morgan fingerprint density at radius 1 is 0.711 bits per heavy atom. The molecule has 0 aromatic heterocycles. The zero-order valence-electron chi connectivity index (χ0n) is 26.5. The van der Waals surface area contributed by atoms with Gasteiger partial charge in [0, 0.05) is 59.0 Å². The van der Waals surface area contributed by atoms with Crippen molar-refractivity contribution in [2.45, 2.75) is 64.2 Å². The summed E-state index contributed by atoms with van der Waals surface area (Å²) in [6.07, 6.45) is 15.9. The molecule has 0 radical (unpaired) electrons. The predicted molar refractivity (Wildman–Crippen MR) is 179 cm³/mol. The van der Waals surface area contributed by atoms with Crippen molar-refractivity contribution in [3.05, 3.63) is 108 Å². The molecule has 0 saturated carbocycles. The first-order valence-corrected chi connectivity index (χ1v) is 18.5. The molecule has 0 bridgehead atoms. The molecule has 4 rings (SSSR count). The smallest absolute Gasteiger partial charge is 0.209 e. The Balaban J connectivity index is 1.49. The lowest BCUT2D eigenvalue weighted by atomic mass is 9.81. The number of allylic oxidation sites excluding steroid dienone is 8. The fourth-order valence-corrected chi connectivity index (χ4v) is 7.46. The van der Waals surface area contributed by atoms with Gasteiger partial charge in [-0.05, 0) is 50.8 Å². The molecule has 2 aromatic carbocycles. The first-order chi connectivity index (χ1) is 21.1. The highest BCUT2D eigenvalue weighted by atomic mass is 32.2. The van der Waals surface area contributed by atoms with Crippen LogP contribution >= 0.6 is 0 Å². The summed E-state index contributed by atoms with van der Waals surface area (Å²) in [6.45, 7) is 9.95. The van der Waals surface area contributed by atoms with Crippen molar-refractivity contribution >= 4 is 37.3 Å². The minimum absolute atomic E-state index is 0.240. The Hall–Kier alpha value is -3.31. The summed E-state index contributed by atoms with van der Waals surface area (Å²) in [4.78, 5) is 2.22. The molecule has 242 valence electrons. The van der Waals surface area contributed by atoms with E-state index in [2.05, 4.69) is 73.6 Å². The fraction of sp³-hybridized carbons (Fsp3) is 0.400. The molecule has 0 N–H and O–H groups in total. The van der Waals surface area contributed by atoms with Gasteiger partial charge in [-0.3, -0.25) is 0 Å². The molecular weight excluding hydrogens is 609 g/mol. The summed E-state index contributed by atoms with van der Waals surface area (Å²) in [5, 5.41) is 0. The lowest BCUT2D eigenvalue weighted by molar-refractivity contribution is -0.438. The summed E-state index contributed by atoms with van der Waals surface area (Å²) in [5.74, 6) is -0.704. The van der Waals surface area contributed by atoms with E-state index in [0.717, 1.165) is 22.8 Å². The van der Waals surface area contributed by atoms with Crippen LogP contribution in [-0.2, 0) is 31.1 Å². The Bertz CT molecular complexity index is 1760. The highest BCUT2D eigenvalue weighted by Gasteiger charge is 2.43. The summed E-state index contributed by atoms with van der Waals surface area (Å²) in [6, 6.07) is 16.4. The predicted octanol–water partition coefficient (Wildman–Crippen LogP) is 6.06. The van der Waals surface area contributed by atoms with Crippen LogP contribution in [0.5, 0.6) is 0 Å². The van der Waals surface area contributed by atoms with Gasteiger partial charge in [0.2, 0.25) is 5.69 Å². The first-order valence-electron chi connectivity index (χ1n) is 15.3. The minimum atomic E-state index is -4.22. The van der Waals surface area contributed by atoms with Crippen LogP contribution in [0.4, 0.5) is 11.4 Å². The zero-order valence-corrected chi connectivity index (χ0v) is 28.1. The Morgan fingerprint density at radius 2 is 1.29 bits per heavy atom. The first kappa shape index (κ1) is 34.6. The van der Waals surface area contributed by atoms with Crippen LogP contribution in [-0.4, -0.2) is 60.8 Å². The zero-order chi connectivity index (χ0) is 32.9. The van der Waals surface area contributed by atoms with E-state index in [1.165, 1.54) is 11.1 Å². The molecule has 10 heteroatoms. The van der Waals surface area contributed by atoms with Gasteiger partial charge in [-0.15, -0.1) is 0 Å². The van der Waals surface area contributed by atoms with E-state index in [-0.39, 0.29) is 22.3 Å². The average Bonchev–Trinajstić information content (AvgIpc) is 3.30. The van der Waals surface area contributed by atoms with Gasteiger partial charge < -0.3 is 14.0 Å². The maximum atomic E-state index is 11.1. The van der Waals surface area contributed by atoms with E-state index in [9.17, 15) is 25.9 Å². The lowest BCUT2D eigenvalue weighted by Crippen LogP contribution is -2.28. The minimum Gasteiger partial charge on any atom is -0.748 e. The lowest BCUT2D eigenvalue weighted by Gasteiger charge is -2.27. The molecule has 0 atom stereocenters. The van der Waals surface area contributed by atoms with Crippen LogP contribution in [0.1, 0.15) is 64.5 Å². The summed E-state index contributed by atoms with van der Waals surface area (Å²) >= 11 is 0. The fourth-order valence-electron chi connectivity index (χ4n) is 6.35. The molecule has 8 nitrogen and oxygen atoms in total. The third-order valence-corrected chi connectivity index (χ3v) is 10.2. The van der Waals surface area contributed by atoms with Gasteiger partial charge in [0.25, 0.3) is 0 Å². The number of nitrogens with zero attached hydrogens (tertiary/aromatic N) is 2. The molecule has 0 saturated heterocycles. The van der Waals surface area contributed by atoms with Crippen LogP contribution < -0.4 is 4.90 Å². The van der Waals surface area contributed by atoms with Crippen molar-refractivity contribution in [1.29, 1.82) is 0 Å². The molecule has 2 aromatic rings. The van der Waals surface area contributed by atoms with Crippen molar-refractivity contribution in [2.24, 2.45) is 0 Å². The number of benzene rings is 2. The number of hydrogen-bond acceptors (Lipinski definition) is 7. The second kappa shape index (κ2) is 14.0. The van der Waals surface area contributed by atoms with Crippen molar-refractivity contribution in [2.75, 3.05) is 29.5 Å². The van der Waals surface area contributed by atoms with Gasteiger partial charge in [0.15, 0.2) is 5.71 Å². The summed E-state index contributed by atoms with van der Waals surface area (Å²) in [5.41, 5.74) is 6.34. The number of hydrogen-bond donors (Lipinski definition) is 0. The van der Waals surface area contributed by atoms with E-state index >= 15 is 0 Å². The third kappa shape index (κ3) is 8.49. The molecule has 2 aliphatic heterocycles. The van der Waals surface area contributed by atoms with Crippen molar-refractivity contribution in [1.82, 2.24) is 0 Å². The monoisotopic (exact) mass is 651 g/mol. The molecule has 0 spiro atoms. The number of unbranched alkanes of at least 4 members (excludes halogenated alkanes) is 2. The van der Waals surface area contributed by atoms with Gasteiger partial charge in [-0.1, -0.05) is 80.6 Å². The number of fused-ring (bicyclic) bond motifs is 2. The van der Waals surface area contributed by atoms with Crippen molar-refractivity contribution < 1.29 is 30.5 Å². The SMILES string of the molecule is CC1(C)C(=CC=CC=CC=CC2=[N+](CCCCS(=O)(=O)[O-])c3ccccc3C2(C)C)N(CCCCS(=O)(=O)[O-])c2ccccc21. The molecular formula is C35H43N2O6S2-. The van der Waals surface area contributed by atoms with Gasteiger partial charge >= 0.3 is 0 Å². The molecule has 0 unspecified atom stereocenters. The molecule has 2 aliphatic rings. The maximum absolute atomic E-state index is 11.1. The number of rotatable bonds is 14. The number of para-hydroxylation sites is 2. The van der Waals surface area contributed by atoms with E-state index in [1.807, 2.05) is 54.6 Å². The van der Waals surface area contributed by atoms with Crippen LogP contribution in [0.15, 0.2) is 96.8 Å². The van der Waals surface area contributed by atoms with Gasteiger partial charge in [0.05, 0.1) is 25.7 Å². The van der Waals surface area contributed by atoms with Gasteiger partial charge in [-0.25, -0.2) is 16.8 Å². The summed E-state index contributed by atoms with van der Waals surface area (Å²) in [7, 11) is -8.45.